The molecule has 4 rings (SSSR count). The summed E-state index contributed by atoms with van der Waals surface area (Å²) in [6, 6.07) is 3.89. The first-order valence-corrected chi connectivity index (χ1v) is 10.0. The Balaban J connectivity index is 1.49. The molecule has 2 aromatic rings. The first kappa shape index (κ1) is 19.1. The summed E-state index contributed by atoms with van der Waals surface area (Å²) in [7, 11) is 0. The van der Waals surface area contributed by atoms with Gasteiger partial charge in [-0.1, -0.05) is 6.08 Å². The number of nitrogens with zero attached hydrogens (tertiary/aromatic N) is 5. The Hall–Kier alpha value is -2.25. The van der Waals surface area contributed by atoms with Crippen molar-refractivity contribution in [3.63, 3.8) is 0 Å². The van der Waals surface area contributed by atoms with Crippen molar-refractivity contribution in [1.82, 2.24) is 24.5 Å². The van der Waals surface area contributed by atoms with E-state index in [1.807, 2.05) is 23.9 Å². The van der Waals surface area contributed by atoms with Crippen LogP contribution in [0.1, 0.15) is 42.6 Å². The Bertz CT molecular complexity index is 917. The third-order valence-corrected chi connectivity index (χ3v) is 6.31. The SMILES string of the molecule is C=CCn1ncc(CN2C3CCC2CC(O)(Cn2nc(C)ccc2=O)C3)c1C. The van der Waals surface area contributed by atoms with Crippen LogP contribution in [0.25, 0.3) is 0 Å². The van der Waals surface area contributed by atoms with Gasteiger partial charge in [-0.3, -0.25) is 14.4 Å². The molecule has 1 N–H and O–H groups in total. The Morgan fingerprint density at radius 3 is 2.64 bits per heavy atom. The van der Waals surface area contributed by atoms with Crippen molar-refractivity contribution in [1.29, 1.82) is 0 Å². The number of allylic oxidation sites excluding steroid dienone is 1. The lowest BCUT2D eigenvalue weighted by Crippen LogP contribution is -2.53. The summed E-state index contributed by atoms with van der Waals surface area (Å²) in [5, 5.41) is 20.1. The molecule has 0 aliphatic carbocycles. The summed E-state index contributed by atoms with van der Waals surface area (Å²) in [5.41, 5.74) is 2.17. The van der Waals surface area contributed by atoms with Gasteiger partial charge in [0.1, 0.15) is 0 Å². The summed E-state index contributed by atoms with van der Waals surface area (Å²) in [6.45, 7) is 9.60. The fourth-order valence-corrected chi connectivity index (χ4v) is 4.89. The molecule has 0 spiro atoms. The van der Waals surface area contributed by atoms with Gasteiger partial charge in [0.2, 0.25) is 0 Å². The maximum absolute atomic E-state index is 12.1. The van der Waals surface area contributed by atoms with E-state index in [1.54, 1.807) is 6.07 Å². The Kier molecular flexibility index (Phi) is 4.97. The fraction of sp³-hybridized carbons (Fsp3) is 0.571. The third-order valence-electron chi connectivity index (χ3n) is 6.31. The Labute approximate surface area is 165 Å². The number of piperidine rings is 1. The molecule has 0 amide bonds. The van der Waals surface area contributed by atoms with Gasteiger partial charge >= 0.3 is 0 Å². The molecule has 2 unspecified atom stereocenters. The summed E-state index contributed by atoms with van der Waals surface area (Å²) in [4.78, 5) is 14.6. The first-order chi connectivity index (χ1) is 13.4. The molecule has 2 aliphatic heterocycles. The van der Waals surface area contributed by atoms with Crippen molar-refractivity contribution < 1.29 is 5.11 Å². The van der Waals surface area contributed by atoms with E-state index in [-0.39, 0.29) is 12.1 Å². The van der Waals surface area contributed by atoms with Crippen molar-refractivity contribution in [2.75, 3.05) is 0 Å². The van der Waals surface area contributed by atoms with Gasteiger partial charge in [0, 0.05) is 36.0 Å². The van der Waals surface area contributed by atoms with Crippen molar-refractivity contribution in [2.45, 2.75) is 76.8 Å². The van der Waals surface area contributed by atoms with Crippen LogP contribution in [0.2, 0.25) is 0 Å². The highest BCUT2D eigenvalue weighted by atomic mass is 16.3. The number of aromatic nitrogens is 4. The second-order valence-electron chi connectivity index (χ2n) is 8.39. The normalized spacial score (nSPS) is 27.2. The zero-order valence-corrected chi connectivity index (χ0v) is 16.7. The number of hydrogen-bond acceptors (Lipinski definition) is 5. The monoisotopic (exact) mass is 383 g/mol. The van der Waals surface area contributed by atoms with Crippen LogP contribution in [-0.4, -0.2) is 47.3 Å². The molecule has 2 aromatic heterocycles. The van der Waals surface area contributed by atoms with Gasteiger partial charge in [-0.15, -0.1) is 6.58 Å². The smallest absolute Gasteiger partial charge is 0.266 e. The van der Waals surface area contributed by atoms with Crippen molar-refractivity contribution in [3.05, 3.63) is 58.3 Å². The van der Waals surface area contributed by atoms with E-state index in [4.69, 9.17) is 0 Å². The molecule has 0 radical (unpaired) electrons. The molecule has 2 atom stereocenters. The third kappa shape index (κ3) is 3.56. The van der Waals surface area contributed by atoms with Gasteiger partial charge in [-0.25, -0.2) is 4.68 Å². The highest BCUT2D eigenvalue weighted by molar-refractivity contribution is 5.18. The zero-order chi connectivity index (χ0) is 19.9. The van der Waals surface area contributed by atoms with E-state index in [9.17, 15) is 9.90 Å². The molecule has 7 nitrogen and oxygen atoms in total. The molecule has 28 heavy (non-hydrogen) atoms. The van der Waals surface area contributed by atoms with Gasteiger partial charge in [0.05, 0.1) is 30.6 Å². The summed E-state index contributed by atoms with van der Waals surface area (Å²) in [5.74, 6) is 0. The van der Waals surface area contributed by atoms with Crippen molar-refractivity contribution >= 4 is 0 Å². The predicted molar refractivity (Wildman–Crippen MR) is 107 cm³/mol. The van der Waals surface area contributed by atoms with Crippen LogP contribution in [-0.2, 0) is 19.6 Å². The maximum atomic E-state index is 12.1. The minimum absolute atomic E-state index is 0.154. The zero-order valence-electron chi connectivity index (χ0n) is 16.7. The molecule has 2 saturated heterocycles. The van der Waals surface area contributed by atoms with Crippen LogP contribution in [0.5, 0.6) is 0 Å². The summed E-state index contributed by atoms with van der Waals surface area (Å²) in [6.07, 6.45) is 7.33. The quantitative estimate of drug-likeness (QED) is 0.770. The van der Waals surface area contributed by atoms with Gasteiger partial charge in [-0.05, 0) is 45.6 Å². The van der Waals surface area contributed by atoms with E-state index < -0.39 is 5.60 Å². The average molecular weight is 383 g/mol. The Morgan fingerprint density at radius 1 is 1.25 bits per heavy atom. The van der Waals surface area contributed by atoms with Crippen LogP contribution >= 0.6 is 0 Å². The lowest BCUT2D eigenvalue weighted by molar-refractivity contribution is -0.0678. The average Bonchev–Trinajstić information content (AvgIpc) is 3.10. The molecule has 2 bridgehead atoms. The van der Waals surface area contributed by atoms with Gasteiger partial charge < -0.3 is 5.11 Å². The van der Waals surface area contributed by atoms with E-state index in [0.29, 0.717) is 24.9 Å². The van der Waals surface area contributed by atoms with Gasteiger partial charge in [0.25, 0.3) is 5.56 Å². The number of hydrogen-bond donors (Lipinski definition) is 1. The molecule has 7 heteroatoms. The summed E-state index contributed by atoms with van der Waals surface area (Å²) >= 11 is 0. The van der Waals surface area contributed by atoms with Crippen LogP contribution in [0.3, 0.4) is 0 Å². The molecule has 2 fully saturated rings. The highest BCUT2D eigenvalue weighted by Crippen LogP contribution is 2.42. The van der Waals surface area contributed by atoms with Crippen LogP contribution in [0.15, 0.2) is 35.8 Å². The topological polar surface area (TPSA) is 76.2 Å². The largest absolute Gasteiger partial charge is 0.388 e. The molecule has 4 heterocycles. The molecular weight excluding hydrogens is 354 g/mol. The Morgan fingerprint density at radius 2 is 1.96 bits per heavy atom. The number of aryl methyl sites for hydroxylation is 1. The number of fused-ring (bicyclic) bond motifs is 2. The molecular formula is C21H29N5O2. The van der Waals surface area contributed by atoms with Gasteiger partial charge in [0.15, 0.2) is 0 Å². The minimum atomic E-state index is -0.880. The van der Waals surface area contributed by atoms with Gasteiger partial charge in [-0.2, -0.15) is 10.2 Å². The number of aliphatic hydroxyl groups is 1. The van der Waals surface area contributed by atoms with Crippen molar-refractivity contribution in [2.24, 2.45) is 0 Å². The molecule has 2 aliphatic rings. The molecule has 0 aromatic carbocycles. The van der Waals surface area contributed by atoms with E-state index >= 15 is 0 Å². The molecule has 150 valence electrons. The summed E-state index contributed by atoms with van der Waals surface area (Å²) < 4.78 is 3.40. The van der Waals surface area contributed by atoms with E-state index in [0.717, 1.165) is 31.6 Å². The highest BCUT2D eigenvalue weighted by Gasteiger charge is 2.47. The van der Waals surface area contributed by atoms with E-state index in [1.165, 1.54) is 22.0 Å². The second-order valence-corrected chi connectivity index (χ2v) is 8.39. The lowest BCUT2D eigenvalue weighted by atomic mass is 9.85. The fourth-order valence-electron chi connectivity index (χ4n) is 4.89. The minimum Gasteiger partial charge on any atom is -0.388 e. The van der Waals surface area contributed by atoms with Crippen LogP contribution in [0.4, 0.5) is 0 Å². The molecule has 0 saturated carbocycles. The number of rotatable bonds is 6. The van der Waals surface area contributed by atoms with E-state index in [2.05, 4.69) is 28.6 Å². The standard InChI is InChI=1S/C21H29N5O2/c1-4-9-25-16(3)17(12-22-25)13-24-18-6-7-19(24)11-21(28,10-18)14-26-20(27)8-5-15(2)23-26/h4-5,8,12,18-19,28H,1,6-7,9-11,13-14H2,2-3H3. The van der Waals surface area contributed by atoms with Crippen LogP contribution in [0, 0.1) is 13.8 Å². The first-order valence-electron chi connectivity index (χ1n) is 10.0. The maximum Gasteiger partial charge on any atom is 0.266 e. The van der Waals surface area contributed by atoms with Crippen LogP contribution < -0.4 is 5.56 Å². The second kappa shape index (κ2) is 7.29. The lowest BCUT2D eigenvalue weighted by Gasteiger charge is -2.43. The van der Waals surface area contributed by atoms with Crippen molar-refractivity contribution in [3.8, 4) is 0 Å². The predicted octanol–water partition coefficient (Wildman–Crippen LogP) is 1.80.